The van der Waals surface area contributed by atoms with Gasteiger partial charge in [-0.1, -0.05) is 12.1 Å². The molecule has 68 valence electrons. The zero-order valence-electron chi connectivity index (χ0n) is 6.71. The van der Waals surface area contributed by atoms with Gasteiger partial charge in [-0.2, -0.15) is 5.54 Å². The summed E-state index contributed by atoms with van der Waals surface area (Å²) in [7, 11) is 1.60. The van der Waals surface area contributed by atoms with E-state index in [-0.39, 0.29) is 19.0 Å². The van der Waals surface area contributed by atoms with Gasteiger partial charge < -0.3 is 4.74 Å². The van der Waals surface area contributed by atoms with Crippen molar-refractivity contribution in [2.75, 3.05) is 7.11 Å². The second-order valence-electron chi connectivity index (χ2n) is 2.16. The molecule has 12 heavy (non-hydrogen) atoms. The Kier molecular flexibility index (Phi) is 5.41. The average molecular weight is 192 g/mol. The first-order valence-electron chi connectivity index (χ1n) is 3.33. The number of methoxy groups -OCH3 is 1. The summed E-state index contributed by atoms with van der Waals surface area (Å²) in [6.45, 7) is 0.240. The fourth-order valence-corrected chi connectivity index (χ4v) is 0.821. The Morgan fingerprint density at radius 1 is 1.33 bits per heavy atom. The van der Waals surface area contributed by atoms with Crippen LogP contribution in [-0.4, -0.2) is 7.11 Å². The normalized spacial score (nSPS) is 8.83. The van der Waals surface area contributed by atoms with Crippen molar-refractivity contribution in [1.82, 2.24) is 5.54 Å². The monoisotopic (exact) mass is 191 g/mol. The van der Waals surface area contributed by atoms with Crippen LogP contribution < -0.4 is 10.3 Å². The summed E-state index contributed by atoms with van der Waals surface area (Å²) >= 11 is 0. The molecule has 4 heteroatoms. The molecular formula is C8H11ClFNO. The fraction of sp³-hybridized carbons (Fsp3) is 0.250. The smallest absolute Gasteiger partial charge is 0.118 e. The van der Waals surface area contributed by atoms with Gasteiger partial charge in [0.25, 0.3) is 0 Å². The lowest BCUT2D eigenvalue weighted by Gasteiger charge is -2.00. The quantitative estimate of drug-likeness (QED) is 0.739. The number of rotatable bonds is 3. The Labute approximate surface area is 77.1 Å². The molecule has 0 aliphatic rings. The van der Waals surface area contributed by atoms with Crippen molar-refractivity contribution in [2.45, 2.75) is 6.54 Å². The highest BCUT2D eigenvalue weighted by Crippen LogP contribution is 2.10. The van der Waals surface area contributed by atoms with E-state index in [1.165, 1.54) is 0 Å². The lowest BCUT2D eigenvalue weighted by molar-refractivity contribution is 0.330. The Hall–Kier alpha value is -0.800. The van der Waals surface area contributed by atoms with Crippen molar-refractivity contribution < 1.29 is 9.22 Å². The lowest BCUT2D eigenvalue weighted by atomic mass is 10.2. The van der Waals surface area contributed by atoms with Crippen LogP contribution >= 0.6 is 12.4 Å². The van der Waals surface area contributed by atoms with E-state index in [1.54, 1.807) is 24.8 Å². The maximum absolute atomic E-state index is 11.6. The van der Waals surface area contributed by atoms with Crippen LogP contribution in [0.2, 0.25) is 0 Å². The summed E-state index contributed by atoms with van der Waals surface area (Å²) in [4.78, 5) is 0. The Morgan fingerprint density at radius 2 is 1.92 bits per heavy atom. The van der Waals surface area contributed by atoms with Crippen LogP contribution in [0.4, 0.5) is 4.48 Å². The van der Waals surface area contributed by atoms with E-state index >= 15 is 0 Å². The molecule has 0 aliphatic heterocycles. The van der Waals surface area contributed by atoms with Gasteiger partial charge in [0.15, 0.2) is 0 Å². The van der Waals surface area contributed by atoms with E-state index in [4.69, 9.17) is 4.74 Å². The summed E-state index contributed by atoms with van der Waals surface area (Å²) in [6, 6.07) is 7.22. The average Bonchev–Trinajstić information content (AvgIpc) is 2.07. The van der Waals surface area contributed by atoms with Gasteiger partial charge >= 0.3 is 0 Å². The Balaban J connectivity index is 0.00000121. The molecule has 1 rings (SSSR count). The van der Waals surface area contributed by atoms with Gasteiger partial charge in [-0.3, -0.25) is 0 Å². The number of hydrogen-bond donors (Lipinski definition) is 1. The first-order valence-corrected chi connectivity index (χ1v) is 3.33. The molecular weight excluding hydrogens is 181 g/mol. The van der Waals surface area contributed by atoms with Crippen molar-refractivity contribution in [3.05, 3.63) is 29.8 Å². The Bertz CT molecular complexity index is 215. The van der Waals surface area contributed by atoms with E-state index in [0.717, 1.165) is 11.3 Å². The molecule has 1 aromatic rings. The molecule has 1 aromatic carbocycles. The molecule has 0 aliphatic carbocycles. The second kappa shape index (κ2) is 5.80. The third-order valence-corrected chi connectivity index (χ3v) is 1.43. The van der Waals surface area contributed by atoms with Gasteiger partial charge in [0.05, 0.1) is 13.7 Å². The summed E-state index contributed by atoms with van der Waals surface area (Å²) in [5.74, 6) is 0.785. The van der Waals surface area contributed by atoms with Crippen LogP contribution in [-0.2, 0) is 6.54 Å². The number of halogens is 2. The maximum Gasteiger partial charge on any atom is 0.118 e. The molecule has 0 bridgehead atoms. The van der Waals surface area contributed by atoms with Gasteiger partial charge in [-0.05, 0) is 17.7 Å². The van der Waals surface area contributed by atoms with Crippen LogP contribution in [0.15, 0.2) is 24.3 Å². The van der Waals surface area contributed by atoms with Crippen molar-refractivity contribution in [1.29, 1.82) is 0 Å². The lowest BCUT2D eigenvalue weighted by Crippen LogP contribution is -1.98. The minimum atomic E-state index is 0. The molecule has 2 nitrogen and oxygen atoms in total. The van der Waals surface area contributed by atoms with E-state index in [2.05, 4.69) is 0 Å². The van der Waals surface area contributed by atoms with Crippen molar-refractivity contribution in [3.63, 3.8) is 0 Å². The summed E-state index contributed by atoms with van der Waals surface area (Å²) in [5.41, 5.74) is 2.48. The first kappa shape index (κ1) is 11.2. The third kappa shape index (κ3) is 3.07. The third-order valence-electron chi connectivity index (χ3n) is 1.43. The van der Waals surface area contributed by atoms with Crippen molar-refractivity contribution in [3.8, 4) is 5.75 Å². The molecule has 0 unspecified atom stereocenters. The number of hydrogen-bond acceptors (Lipinski definition) is 2. The molecule has 0 fully saturated rings. The molecule has 0 saturated carbocycles. The molecule has 0 heterocycles. The van der Waals surface area contributed by atoms with E-state index in [1.807, 2.05) is 12.1 Å². The highest BCUT2D eigenvalue weighted by Gasteiger charge is 1.91. The highest BCUT2D eigenvalue weighted by atomic mass is 35.5. The molecule has 0 atom stereocenters. The minimum absolute atomic E-state index is 0. The van der Waals surface area contributed by atoms with Crippen LogP contribution in [0.1, 0.15) is 5.56 Å². The molecule has 0 amide bonds. The summed E-state index contributed by atoms with van der Waals surface area (Å²) in [6.07, 6.45) is 0. The maximum atomic E-state index is 11.6. The van der Waals surface area contributed by atoms with Gasteiger partial charge in [-0.15, -0.1) is 16.9 Å². The predicted octanol–water partition coefficient (Wildman–Crippen LogP) is 2.09. The number of nitrogens with one attached hydrogen (secondary N) is 1. The van der Waals surface area contributed by atoms with E-state index < -0.39 is 0 Å². The number of benzene rings is 1. The summed E-state index contributed by atoms with van der Waals surface area (Å²) < 4.78 is 16.5. The van der Waals surface area contributed by atoms with Gasteiger partial charge in [0.2, 0.25) is 0 Å². The van der Waals surface area contributed by atoms with Crippen molar-refractivity contribution in [2.24, 2.45) is 0 Å². The molecule has 0 aromatic heterocycles. The second-order valence-corrected chi connectivity index (χ2v) is 2.16. The van der Waals surface area contributed by atoms with E-state index in [9.17, 15) is 4.48 Å². The van der Waals surface area contributed by atoms with Gasteiger partial charge in [0.1, 0.15) is 5.75 Å². The van der Waals surface area contributed by atoms with Crippen molar-refractivity contribution >= 4 is 12.4 Å². The molecule has 0 radical (unpaired) electrons. The SMILES string of the molecule is COc1ccc(CNF)cc1.Cl. The topological polar surface area (TPSA) is 21.3 Å². The minimum Gasteiger partial charge on any atom is -0.497 e. The largest absolute Gasteiger partial charge is 0.497 e. The van der Waals surface area contributed by atoms with E-state index in [0.29, 0.717) is 0 Å². The molecule has 1 N–H and O–H groups in total. The summed E-state index contributed by atoms with van der Waals surface area (Å²) in [5, 5.41) is 0. The molecule has 0 saturated heterocycles. The number of ether oxygens (including phenoxy) is 1. The highest BCUT2D eigenvalue weighted by molar-refractivity contribution is 5.85. The first-order chi connectivity index (χ1) is 5.36. The van der Waals surface area contributed by atoms with Gasteiger partial charge in [-0.25, -0.2) is 0 Å². The molecule has 0 spiro atoms. The van der Waals surface area contributed by atoms with Gasteiger partial charge in [0, 0.05) is 0 Å². The standard InChI is InChI=1S/C8H10FNO.ClH/c1-11-8-4-2-7(3-5-8)6-10-9;/h2-5,10H,6H2,1H3;1H. The fourth-order valence-electron chi connectivity index (χ4n) is 0.821. The van der Waals surface area contributed by atoms with Crippen LogP contribution in [0, 0.1) is 0 Å². The van der Waals surface area contributed by atoms with Crippen LogP contribution in [0.3, 0.4) is 0 Å². The van der Waals surface area contributed by atoms with Crippen LogP contribution in [0.25, 0.3) is 0 Å². The van der Waals surface area contributed by atoms with Crippen LogP contribution in [0.5, 0.6) is 5.75 Å². The zero-order valence-corrected chi connectivity index (χ0v) is 7.53. The predicted molar refractivity (Wildman–Crippen MR) is 48.2 cm³/mol. The zero-order chi connectivity index (χ0) is 8.10. The Morgan fingerprint density at radius 3 is 2.33 bits per heavy atom.